The number of anilines is 2. The molecule has 0 N–H and O–H groups in total. The predicted octanol–water partition coefficient (Wildman–Crippen LogP) is 15.3. The third-order valence-electron chi connectivity index (χ3n) is 14.3. The van der Waals surface area contributed by atoms with Crippen LogP contribution < -0.4 is 4.90 Å². The minimum atomic E-state index is -3.87. The Balaban J connectivity index is 1.35. The van der Waals surface area contributed by atoms with Crippen LogP contribution in [0.1, 0.15) is 90.5 Å². The first kappa shape index (κ1) is 43.4. The number of rotatable bonds is 5. The Labute approximate surface area is 400 Å². The molecule has 0 saturated carbocycles. The third kappa shape index (κ3) is 6.67. The van der Waals surface area contributed by atoms with Crippen LogP contribution >= 0.6 is 0 Å². The molecule has 0 fully saturated rings. The van der Waals surface area contributed by atoms with Crippen LogP contribution in [0.15, 0.2) is 179 Å². The van der Waals surface area contributed by atoms with Crippen LogP contribution in [0.2, 0.25) is 0 Å². The van der Waals surface area contributed by atoms with Gasteiger partial charge in [-0.1, -0.05) is 129 Å². The van der Waals surface area contributed by atoms with E-state index in [0.29, 0.717) is 5.56 Å². The molecule has 0 spiro atoms. The van der Waals surface area contributed by atoms with Crippen molar-refractivity contribution in [3.63, 3.8) is 0 Å². The molecule has 11 rings (SSSR count). The maximum Gasteiger partial charge on any atom is 0.206 e. The van der Waals surface area contributed by atoms with Crippen molar-refractivity contribution in [2.75, 3.05) is 4.90 Å². The highest BCUT2D eigenvalue weighted by molar-refractivity contribution is 7.91. The average molecular weight is 909 g/mol. The molecule has 7 aromatic carbocycles. The van der Waals surface area contributed by atoms with E-state index in [9.17, 15) is 13.7 Å². The van der Waals surface area contributed by atoms with E-state index in [0.717, 1.165) is 39.3 Å². The van der Waals surface area contributed by atoms with Crippen LogP contribution in [0.3, 0.4) is 0 Å². The molecule has 68 heavy (non-hydrogen) atoms. The van der Waals surface area contributed by atoms with Crippen molar-refractivity contribution < 1.29 is 8.42 Å². The van der Waals surface area contributed by atoms with Crippen molar-refractivity contribution in [3.8, 4) is 17.4 Å². The van der Waals surface area contributed by atoms with Gasteiger partial charge in [0.25, 0.3) is 0 Å². The summed E-state index contributed by atoms with van der Waals surface area (Å²) in [6.07, 6.45) is 7.21. The van der Waals surface area contributed by atoms with Crippen molar-refractivity contribution in [2.45, 2.75) is 94.9 Å². The van der Waals surface area contributed by atoms with Gasteiger partial charge in [0.2, 0.25) is 9.84 Å². The van der Waals surface area contributed by atoms with Gasteiger partial charge in [-0.15, -0.1) is 0 Å². The quantitative estimate of drug-likeness (QED) is 0.172. The van der Waals surface area contributed by atoms with Gasteiger partial charge in [-0.25, -0.2) is 8.42 Å². The summed E-state index contributed by atoms with van der Waals surface area (Å²) in [5.74, 6) is -0.0621. The number of fused-ring (bicyclic) bond motifs is 12. The molecule has 9 aromatic rings. The average Bonchev–Trinajstić information content (AvgIpc) is 3.96. The molecule has 338 valence electrons. The Bertz CT molecular complexity index is 3730. The zero-order valence-corrected chi connectivity index (χ0v) is 41.1. The summed E-state index contributed by atoms with van der Waals surface area (Å²) in [4.78, 5) is 2.85. The van der Waals surface area contributed by atoms with Crippen LogP contribution in [0.5, 0.6) is 0 Å². The number of hydrogen-bond donors (Lipinski definition) is 0. The fourth-order valence-electron chi connectivity index (χ4n) is 10.7. The van der Waals surface area contributed by atoms with Gasteiger partial charge < -0.3 is 14.0 Å². The van der Waals surface area contributed by atoms with E-state index in [-0.39, 0.29) is 38.0 Å². The minimum absolute atomic E-state index is 0.0621. The largest absolute Gasteiger partial charge is 0.333 e. The normalized spacial score (nSPS) is 16.4. The van der Waals surface area contributed by atoms with Crippen LogP contribution in [0.4, 0.5) is 11.4 Å². The second kappa shape index (κ2) is 15.2. The van der Waals surface area contributed by atoms with Gasteiger partial charge >= 0.3 is 0 Å². The molecule has 2 atom stereocenters. The van der Waals surface area contributed by atoms with Crippen molar-refractivity contribution in [2.24, 2.45) is 5.41 Å². The Morgan fingerprint density at radius 2 is 1.04 bits per heavy atom. The SMILES string of the molecule is CC(C)(C)C1=CC2c3c(c4c5cc(C(C)(C)C)ccc5n(-c5ccccc5)c4c4c5cc(C(C)(C)C)ccc5n(-c5ccccc5)c34)N(c3ccc(S(=O)(=O)c4ccc(C#N)cc4)cc3)C2C=C1. The maximum atomic E-state index is 14.2. The van der Waals surface area contributed by atoms with Crippen molar-refractivity contribution in [3.05, 3.63) is 192 Å². The first-order valence-corrected chi connectivity index (χ1v) is 25.1. The zero-order chi connectivity index (χ0) is 47.7. The van der Waals surface area contributed by atoms with Gasteiger partial charge in [0.05, 0.1) is 55.2 Å². The first-order chi connectivity index (χ1) is 32.4. The van der Waals surface area contributed by atoms with Gasteiger partial charge in [-0.3, -0.25) is 0 Å². The molecule has 1 aliphatic heterocycles. The monoisotopic (exact) mass is 908 g/mol. The van der Waals surface area contributed by atoms with E-state index in [1.807, 2.05) is 12.1 Å². The second-order valence-electron chi connectivity index (χ2n) is 21.8. The molecule has 0 bridgehead atoms. The number of hydrogen-bond acceptors (Lipinski definition) is 4. The standard InChI is InChI=1S/C61H56N4O2S/c1-59(2,3)39-22-31-50-47(34-39)53-56-54(48-35-40(60(4,5)6)23-32-51(48)64(56)43-18-14-11-15-19-43)58-55(57(53)63(50)42-16-12-10-13-17-42)49-36-41(61(7,8)9)24-33-52(49)65(58)44-25-29-46(30-26-44)68(66,67)45-27-20-38(37-62)21-28-45/h10-36,49,52H,1-9H3. The summed E-state index contributed by atoms with van der Waals surface area (Å²) in [5.41, 5.74) is 13.9. The lowest BCUT2D eigenvalue weighted by atomic mass is 9.78. The molecule has 7 heteroatoms. The summed E-state index contributed by atoms with van der Waals surface area (Å²) < 4.78 is 33.3. The van der Waals surface area contributed by atoms with Gasteiger partial charge in [0, 0.05) is 50.1 Å². The topological polar surface area (TPSA) is 71.0 Å². The van der Waals surface area contributed by atoms with E-state index >= 15 is 0 Å². The lowest BCUT2D eigenvalue weighted by molar-refractivity contribution is 0.507. The second-order valence-corrected chi connectivity index (χ2v) is 23.7. The number of aromatic nitrogens is 2. The molecule has 2 aliphatic rings. The summed E-state index contributed by atoms with van der Waals surface area (Å²) in [6.45, 7) is 20.6. The Morgan fingerprint density at radius 1 is 0.544 bits per heavy atom. The highest BCUT2D eigenvalue weighted by atomic mass is 32.2. The number of sulfone groups is 1. The van der Waals surface area contributed by atoms with Crippen LogP contribution in [-0.2, 0) is 20.7 Å². The van der Waals surface area contributed by atoms with Gasteiger partial charge in [0.1, 0.15) is 0 Å². The number of allylic oxidation sites excluding steroid dienone is 2. The van der Waals surface area contributed by atoms with E-state index in [1.54, 1.807) is 24.3 Å². The summed E-state index contributed by atoms with van der Waals surface area (Å²) in [6, 6.07) is 51.3. The van der Waals surface area contributed by atoms with Gasteiger partial charge in [-0.05, 0) is 130 Å². The number of nitrogens with zero attached hydrogens (tertiary/aromatic N) is 4. The van der Waals surface area contributed by atoms with Crippen LogP contribution in [0.25, 0.3) is 55.0 Å². The van der Waals surface area contributed by atoms with E-state index in [2.05, 4.69) is 198 Å². The molecular formula is C61H56N4O2S. The lowest BCUT2D eigenvalue weighted by Crippen LogP contribution is -2.30. The summed E-state index contributed by atoms with van der Waals surface area (Å²) in [7, 11) is -3.87. The number of para-hydroxylation sites is 2. The van der Waals surface area contributed by atoms with Crippen LogP contribution in [0, 0.1) is 16.7 Å². The Hall–Kier alpha value is -7.14. The molecule has 2 unspecified atom stereocenters. The zero-order valence-electron chi connectivity index (χ0n) is 40.3. The van der Waals surface area contributed by atoms with Crippen LogP contribution in [-0.4, -0.2) is 23.6 Å². The van der Waals surface area contributed by atoms with Crippen molar-refractivity contribution >= 4 is 64.8 Å². The molecular weight excluding hydrogens is 853 g/mol. The maximum absolute atomic E-state index is 14.2. The number of nitriles is 1. The molecule has 6 nitrogen and oxygen atoms in total. The molecule has 1 aliphatic carbocycles. The smallest absolute Gasteiger partial charge is 0.206 e. The Morgan fingerprint density at radius 3 is 1.54 bits per heavy atom. The Kier molecular flexibility index (Phi) is 9.70. The molecule has 0 amide bonds. The molecule has 0 radical (unpaired) electrons. The van der Waals surface area contributed by atoms with Crippen molar-refractivity contribution in [1.82, 2.24) is 9.13 Å². The highest BCUT2D eigenvalue weighted by Gasteiger charge is 2.45. The first-order valence-electron chi connectivity index (χ1n) is 23.7. The number of benzene rings is 7. The predicted molar refractivity (Wildman–Crippen MR) is 281 cm³/mol. The van der Waals surface area contributed by atoms with E-state index in [1.165, 1.54) is 61.5 Å². The van der Waals surface area contributed by atoms with Gasteiger partial charge in [-0.2, -0.15) is 5.26 Å². The fraction of sp³-hybridized carbons (Fsp3) is 0.230. The van der Waals surface area contributed by atoms with E-state index in [4.69, 9.17) is 0 Å². The van der Waals surface area contributed by atoms with E-state index < -0.39 is 9.84 Å². The molecule has 3 heterocycles. The summed E-state index contributed by atoms with van der Waals surface area (Å²) in [5, 5.41) is 14.2. The lowest BCUT2D eigenvalue weighted by Gasteiger charge is -2.32. The van der Waals surface area contributed by atoms with Gasteiger partial charge in [0.15, 0.2) is 0 Å². The third-order valence-corrected chi connectivity index (χ3v) is 16.1. The highest BCUT2D eigenvalue weighted by Crippen LogP contribution is 2.59. The summed E-state index contributed by atoms with van der Waals surface area (Å²) >= 11 is 0. The molecule has 2 aromatic heterocycles. The minimum Gasteiger partial charge on any atom is -0.333 e. The molecule has 0 saturated heterocycles. The van der Waals surface area contributed by atoms with Crippen molar-refractivity contribution in [1.29, 1.82) is 5.26 Å². The fourth-order valence-corrected chi connectivity index (χ4v) is 12.0.